The molecular weight excluding hydrogens is 281 g/mol. The van der Waals surface area contributed by atoms with Gasteiger partial charge in [-0.15, -0.1) is 0 Å². The maximum absolute atomic E-state index is 13.0. The highest BCUT2D eigenvalue weighted by molar-refractivity contribution is 5.46. The van der Waals surface area contributed by atoms with Gasteiger partial charge in [-0.2, -0.15) is 13.2 Å². The summed E-state index contributed by atoms with van der Waals surface area (Å²) in [6.45, 7) is 0.229. The first kappa shape index (κ1) is 16.1. The first-order valence-corrected chi connectivity index (χ1v) is 6.89. The van der Waals surface area contributed by atoms with Crippen molar-refractivity contribution < 1.29 is 13.2 Å². The molecule has 0 amide bonds. The Labute approximate surface area is 122 Å². The molecule has 118 valence electrons. The number of nitrogens with one attached hydrogen (secondary N) is 2. The number of rotatable bonds is 4. The van der Waals surface area contributed by atoms with Gasteiger partial charge in [0.05, 0.1) is 6.04 Å². The molecule has 1 aliphatic rings. The molecule has 0 aliphatic carbocycles. The van der Waals surface area contributed by atoms with E-state index in [0.29, 0.717) is 6.42 Å². The zero-order valence-corrected chi connectivity index (χ0v) is 12.1. The molecular formula is C14H21F3N4. The van der Waals surface area contributed by atoms with Gasteiger partial charge in [0, 0.05) is 25.7 Å². The molecule has 1 heterocycles. The van der Waals surface area contributed by atoms with Gasteiger partial charge in [0.2, 0.25) is 0 Å². The van der Waals surface area contributed by atoms with Crippen LogP contribution in [-0.2, 0) is 0 Å². The molecule has 0 radical (unpaired) electrons. The van der Waals surface area contributed by atoms with Crippen molar-refractivity contribution in [2.75, 3.05) is 25.5 Å². The SMILES string of the molecule is CN(C)c1ccc(C2NNC(C(F)(F)F)C2CCN)cc1. The highest BCUT2D eigenvalue weighted by atomic mass is 19.4. The predicted octanol–water partition coefficient (Wildman–Crippen LogP) is 1.80. The number of benzene rings is 1. The Morgan fingerprint density at radius 3 is 2.24 bits per heavy atom. The van der Waals surface area contributed by atoms with Crippen LogP contribution in [0.25, 0.3) is 0 Å². The number of hydrazine groups is 1. The van der Waals surface area contributed by atoms with E-state index >= 15 is 0 Å². The molecule has 0 aromatic heterocycles. The fourth-order valence-electron chi connectivity index (χ4n) is 2.75. The van der Waals surface area contributed by atoms with E-state index in [1.165, 1.54) is 0 Å². The lowest BCUT2D eigenvalue weighted by atomic mass is 9.86. The van der Waals surface area contributed by atoms with E-state index in [2.05, 4.69) is 10.9 Å². The monoisotopic (exact) mass is 302 g/mol. The summed E-state index contributed by atoms with van der Waals surface area (Å²) in [4.78, 5) is 1.94. The van der Waals surface area contributed by atoms with Crippen LogP contribution in [0.3, 0.4) is 0 Å². The number of nitrogens with two attached hydrogens (primary N) is 1. The molecule has 4 N–H and O–H groups in total. The fraction of sp³-hybridized carbons (Fsp3) is 0.571. The van der Waals surface area contributed by atoms with Gasteiger partial charge in [-0.05, 0) is 30.7 Å². The molecule has 4 nitrogen and oxygen atoms in total. The highest BCUT2D eigenvalue weighted by Crippen LogP contribution is 2.38. The van der Waals surface area contributed by atoms with Crippen LogP contribution in [0.4, 0.5) is 18.9 Å². The van der Waals surface area contributed by atoms with Gasteiger partial charge in [-0.1, -0.05) is 12.1 Å². The van der Waals surface area contributed by atoms with Crippen LogP contribution in [0.2, 0.25) is 0 Å². The maximum Gasteiger partial charge on any atom is 0.405 e. The normalized spacial score (nSPS) is 26.1. The summed E-state index contributed by atoms with van der Waals surface area (Å²) in [7, 11) is 3.84. The standard InChI is InChI=1S/C14H21F3N4/c1-21(2)10-5-3-9(4-6-10)12-11(7-8-18)13(20-19-12)14(15,16)17/h3-6,11-13,19-20H,7-8,18H2,1-2H3. The minimum atomic E-state index is -4.29. The van der Waals surface area contributed by atoms with Gasteiger partial charge in [-0.3, -0.25) is 0 Å². The molecule has 0 spiro atoms. The van der Waals surface area contributed by atoms with E-state index in [1.807, 2.05) is 43.3 Å². The Bertz CT molecular complexity index is 458. The summed E-state index contributed by atoms with van der Waals surface area (Å²) in [5.74, 6) is -0.611. The smallest absolute Gasteiger partial charge is 0.378 e. The second-order valence-electron chi connectivity index (χ2n) is 5.51. The maximum atomic E-state index is 13.0. The van der Waals surface area contributed by atoms with Gasteiger partial charge >= 0.3 is 6.18 Å². The van der Waals surface area contributed by atoms with E-state index in [4.69, 9.17) is 5.73 Å². The van der Waals surface area contributed by atoms with Crippen molar-refractivity contribution in [1.82, 2.24) is 10.9 Å². The number of hydrogen-bond donors (Lipinski definition) is 3. The molecule has 1 aromatic rings. The predicted molar refractivity (Wildman–Crippen MR) is 76.8 cm³/mol. The molecule has 0 bridgehead atoms. The summed E-state index contributed by atoms with van der Waals surface area (Å²) in [6.07, 6.45) is -3.98. The second kappa shape index (κ2) is 6.21. The van der Waals surface area contributed by atoms with E-state index in [-0.39, 0.29) is 6.54 Å². The molecule has 1 fully saturated rings. The first-order valence-electron chi connectivity index (χ1n) is 6.89. The van der Waals surface area contributed by atoms with Crippen LogP contribution in [-0.4, -0.2) is 32.9 Å². The molecule has 3 unspecified atom stereocenters. The van der Waals surface area contributed by atoms with Crippen LogP contribution < -0.4 is 21.5 Å². The van der Waals surface area contributed by atoms with Gasteiger partial charge in [-0.25, -0.2) is 10.9 Å². The molecule has 3 atom stereocenters. The van der Waals surface area contributed by atoms with E-state index in [1.54, 1.807) is 0 Å². The van der Waals surface area contributed by atoms with Gasteiger partial charge in [0.1, 0.15) is 6.04 Å². The number of alkyl halides is 3. The summed E-state index contributed by atoms with van der Waals surface area (Å²) in [5, 5.41) is 0. The van der Waals surface area contributed by atoms with Crippen molar-refractivity contribution in [3.8, 4) is 0 Å². The summed E-state index contributed by atoms with van der Waals surface area (Å²) >= 11 is 0. The summed E-state index contributed by atoms with van der Waals surface area (Å²) in [6, 6.07) is 5.55. The number of halogens is 3. The molecule has 1 aliphatic heterocycles. The third-order valence-corrected chi connectivity index (χ3v) is 3.87. The Hall–Kier alpha value is -1.31. The highest BCUT2D eigenvalue weighted by Gasteiger charge is 2.50. The summed E-state index contributed by atoms with van der Waals surface area (Å²) < 4.78 is 39.1. The Balaban J connectivity index is 2.22. The van der Waals surface area contributed by atoms with Crippen molar-refractivity contribution in [1.29, 1.82) is 0 Å². The van der Waals surface area contributed by atoms with Crippen LogP contribution in [0.5, 0.6) is 0 Å². The minimum absolute atomic E-state index is 0.229. The fourth-order valence-corrected chi connectivity index (χ4v) is 2.75. The molecule has 1 saturated heterocycles. The average Bonchev–Trinajstić information content (AvgIpc) is 2.83. The van der Waals surface area contributed by atoms with Gasteiger partial charge in [0.25, 0.3) is 0 Å². The third-order valence-electron chi connectivity index (χ3n) is 3.87. The lowest BCUT2D eigenvalue weighted by molar-refractivity contribution is -0.162. The average molecular weight is 302 g/mol. The number of anilines is 1. The molecule has 2 rings (SSSR count). The number of nitrogens with zero attached hydrogens (tertiary/aromatic N) is 1. The molecule has 1 aromatic carbocycles. The minimum Gasteiger partial charge on any atom is -0.378 e. The Kier molecular flexibility index (Phi) is 4.75. The van der Waals surface area contributed by atoms with Crippen molar-refractivity contribution in [2.24, 2.45) is 11.7 Å². The van der Waals surface area contributed by atoms with Crippen molar-refractivity contribution in [3.05, 3.63) is 29.8 Å². The zero-order chi connectivity index (χ0) is 15.6. The molecule has 21 heavy (non-hydrogen) atoms. The molecule has 0 saturated carbocycles. The van der Waals surface area contributed by atoms with Crippen molar-refractivity contribution >= 4 is 5.69 Å². The van der Waals surface area contributed by atoms with Crippen LogP contribution in [0, 0.1) is 5.92 Å². The lowest BCUT2D eigenvalue weighted by Crippen LogP contribution is -2.44. The topological polar surface area (TPSA) is 53.3 Å². The third kappa shape index (κ3) is 3.48. The van der Waals surface area contributed by atoms with Crippen molar-refractivity contribution in [3.63, 3.8) is 0 Å². The van der Waals surface area contributed by atoms with Crippen LogP contribution >= 0.6 is 0 Å². The van der Waals surface area contributed by atoms with Gasteiger partial charge < -0.3 is 10.6 Å². The van der Waals surface area contributed by atoms with E-state index in [0.717, 1.165) is 11.3 Å². The quantitative estimate of drug-likeness (QED) is 0.794. The first-order chi connectivity index (χ1) is 9.84. The largest absolute Gasteiger partial charge is 0.405 e. The number of hydrogen-bond acceptors (Lipinski definition) is 4. The van der Waals surface area contributed by atoms with Crippen LogP contribution in [0.1, 0.15) is 18.0 Å². The second-order valence-corrected chi connectivity index (χ2v) is 5.51. The Morgan fingerprint density at radius 2 is 1.76 bits per heavy atom. The van der Waals surface area contributed by atoms with E-state index < -0.39 is 24.2 Å². The lowest BCUT2D eigenvalue weighted by Gasteiger charge is -2.24. The van der Waals surface area contributed by atoms with Gasteiger partial charge in [0.15, 0.2) is 0 Å². The van der Waals surface area contributed by atoms with E-state index in [9.17, 15) is 13.2 Å². The summed E-state index contributed by atoms with van der Waals surface area (Å²) in [5.41, 5.74) is 12.5. The molecule has 7 heteroatoms. The van der Waals surface area contributed by atoms with Crippen LogP contribution in [0.15, 0.2) is 24.3 Å². The zero-order valence-electron chi connectivity index (χ0n) is 12.1. The Morgan fingerprint density at radius 1 is 1.14 bits per heavy atom. The van der Waals surface area contributed by atoms with Crippen molar-refractivity contribution in [2.45, 2.75) is 24.7 Å².